The molecule has 140 valence electrons. The van der Waals surface area contributed by atoms with Crippen molar-refractivity contribution in [1.82, 2.24) is 4.90 Å². The summed E-state index contributed by atoms with van der Waals surface area (Å²) < 4.78 is 5.85. The largest absolute Gasteiger partial charge is 0.370 e. The topological polar surface area (TPSA) is 55.6 Å². The minimum Gasteiger partial charge on any atom is -0.370 e. The number of benzene rings is 1. The number of nitrogens with two attached hydrogens (primary N) is 1. The van der Waals surface area contributed by atoms with Crippen LogP contribution in [-0.4, -0.2) is 36.0 Å². The van der Waals surface area contributed by atoms with Gasteiger partial charge in [-0.05, 0) is 37.5 Å². The SMILES string of the molecule is CC1(N)CCCCC1C(=O)N1CCOC(c2ccc(Cl)c(Cl)c2)C1.Cl. The molecule has 1 saturated heterocycles. The van der Waals surface area contributed by atoms with E-state index in [2.05, 4.69) is 0 Å². The van der Waals surface area contributed by atoms with Crippen LogP contribution in [0.15, 0.2) is 18.2 Å². The number of carbonyl (C=O) groups excluding carboxylic acids is 1. The van der Waals surface area contributed by atoms with Crippen LogP contribution in [0.2, 0.25) is 10.0 Å². The second-order valence-electron chi connectivity index (χ2n) is 7.12. The second-order valence-corrected chi connectivity index (χ2v) is 7.94. The van der Waals surface area contributed by atoms with Gasteiger partial charge in [-0.15, -0.1) is 12.4 Å². The lowest BCUT2D eigenvalue weighted by Crippen LogP contribution is -2.55. The Hall–Kier alpha value is -0.520. The van der Waals surface area contributed by atoms with Crippen molar-refractivity contribution in [2.24, 2.45) is 11.7 Å². The molecule has 1 aliphatic carbocycles. The Balaban J connectivity index is 0.00000225. The van der Waals surface area contributed by atoms with E-state index in [0.29, 0.717) is 29.7 Å². The molecule has 1 aromatic rings. The smallest absolute Gasteiger partial charge is 0.227 e. The van der Waals surface area contributed by atoms with Crippen LogP contribution in [0.4, 0.5) is 0 Å². The van der Waals surface area contributed by atoms with E-state index < -0.39 is 5.54 Å². The predicted molar refractivity (Wildman–Crippen MR) is 104 cm³/mol. The number of hydrogen-bond acceptors (Lipinski definition) is 3. The maximum Gasteiger partial charge on any atom is 0.227 e. The monoisotopic (exact) mass is 406 g/mol. The molecule has 1 heterocycles. The molecule has 2 aliphatic rings. The minimum atomic E-state index is -0.410. The molecule has 0 bridgehead atoms. The first kappa shape index (κ1) is 20.8. The van der Waals surface area contributed by atoms with Crippen LogP contribution in [-0.2, 0) is 9.53 Å². The van der Waals surface area contributed by atoms with Crippen LogP contribution in [0.1, 0.15) is 44.3 Å². The number of morpholine rings is 1. The van der Waals surface area contributed by atoms with Gasteiger partial charge in [-0.3, -0.25) is 4.79 Å². The first-order valence-electron chi connectivity index (χ1n) is 8.53. The Labute approximate surface area is 165 Å². The predicted octanol–water partition coefficient (Wildman–Crippen LogP) is 4.22. The van der Waals surface area contributed by atoms with Gasteiger partial charge < -0.3 is 15.4 Å². The van der Waals surface area contributed by atoms with Gasteiger partial charge >= 0.3 is 0 Å². The van der Waals surface area contributed by atoms with Gasteiger partial charge in [-0.1, -0.05) is 42.1 Å². The molecule has 0 radical (unpaired) electrons. The summed E-state index contributed by atoms with van der Waals surface area (Å²) in [5, 5.41) is 1.02. The van der Waals surface area contributed by atoms with E-state index in [9.17, 15) is 4.79 Å². The van der Waals surface area contributed by atoms with E-state index in [1.807, 2.05) is 24.0 Å². The van der Waals surface area contributed by atoms with Crippen molar-refractivity contribution in [2.45, 2.75) is 44.2 Å². The van der Waals surface area contributed by atoms with Crippen molar-refractivity contribution in [3.8, 4) is 0 Å². The first-order chi connectivity index (χ1) is 11.4. The fraction of sp³-hybridized carbons (Fsp3) is 0.611. The molecular weight excluding hydrogens is 383 g/mol. The highest BCUT2D eigenvalue weighted by molar-refractivity contribution is 6.42. The zero-order valence-electron chi connectivity index (χ0n) is 14.3. The number of halogens is 3. The Morgan fingerprint density at radius 3 is 2.76 bits per heavy atom. The molecule has 0 spiro atoms. The summed E-state index contributed by atoms with van der Waals surface area (Å²) in [6.45, 7) is 3.67. The Morgan fingerprint density at radius 2 is 2.08 bits per heavy atom. The lowest BCUT2D eigenvalue weighted by molar-refractivity contribution is -0.146. The maximum absolute atomic E-state index is 13.0. The lowest BCUT2D eigenvalue weighted by Gasteiger charge is -2.42. The Morgan fingerprint density at radius 1 is 1.32 bits per heavy atom. The summed E-state index contributed by atoms with van der Waals surface area (Å²) in [4.78, 5) is 14.9. The maximum atomic E-state index is 13.0. The lowest BCUT2D eigenvalue weighted by atomic mass is 9.74. The number of rotatable bonds is 2. The van der Waals surface area contributed by atoms with Crippen molar-refractivity contribution >= 4 is 41.5 Å². The zero-order valence-corrected chi connectivity index (χ0v) is 16.7. The highest BCUT2D eigenvalue weighted by Gasteiger charge is 2.41. The molecule has 1 aliphatic heterocycles. The summed E-state index contributed by atoms with van der Waals surface area (Å²) in [6.07, 6.45) is 3.78. The van der Waals surface area contributed by atoms with E-state index in [1.165, 1.54) is 0 Å². The van der Waals surface area contributed by atoms with E-state index in [4.69, 9.17) is 33.7 Å². The summed E-state index contributed by atoms with van der Waals surface area (Å²) >= 11 is 12.1. The van der Waals surface area contributed by atoms with Crippen LogP contribution in [0.25, 0.3) is 0 Å². The first-order valence-corrected chi connectivity index (χ1v) is 9.28. The second kappa shape index (κ2) is 8.45. The molecule has 3 unspecified atom stereocenters. The molecule has 3 rings (SSSR count). The van der Waals surface area contributed by atoms with Crippen molar-refractivity contribution in [2.75, 3.05) is 19.7 Å². The summed E-state index contributed by atoms with van der Waals surface area (Å²) in [7, 11) is 0. The molecule has 7 heteroatoms. The van der Waals surface area contributed by atoms with Gasteiger partial charge in [0.15, 0.2) is 0 Å². The van der Waals surface area contributed by atoms with Crippen LogP contribution < -0.4 is 5.73 Å². The van der Waals surface area contributed by atoms with Gasteiger partial charge in [0.05, 0.1) is 29.1 Å². The fourth-order valence-electron chi connectivity index (χ4n) is 3.75. The number of carbonyl (C=O) groups is 1. The van der Waals surface area contributed by atoms with Gasteiger partial charge in [-0.2, -0.15) is 0 Å². The fourth-order valence-corrected chi connectivity index (χ4v) is 4.05. The summed E-state index contributed by atoms with van der Waals surface area (Å²) in [6, 6.07) is 5.48. The molecule has 3 atom stereocenters. The molecular formula is C18H25Cl3N2O2. The molecule has 25 heavy (non-hydrogen) atoms. The van der Waals surface area contributed by atoms with Crippen LogP contribution in [0.5, 0.6) is 0 Å². The van der Waals surface area contributed by atoms with Crippen molar-refractivity contribution in [3.63, 3.8) is 0 Å². The van der Waals surface area contributed by atoms with Crippen molar-refractivity contribution in [1.29, 1.82) is 0 Å². The standard InChI is InChI=1S/C18H24Cl2N2O2.ClH/c1-18(21)7-3-2-4-13(18)17(23)22-8-9-24-16(11-22)12-5-6-14(19)15(20)10-12;/h5-6,10,13,16H,2-4,7-9,11,21H2,1H3;1H. The van der Waals surface area contributed by atoms with Gasteiger partial charge in [0.25, 0.3) is 0 Å². The molecule has 2 N–H and O–H groups in total. The average Bonchev–Trinajstić information content (AvgIpc) is 2.56. The van der Waals surface area contributed by atoms with Crippen LogP contribution in [0, 0.1) is 5.92 Å². The molecule has 1 aromatic carbocycles. The Kier molecular flexibility index (Phi) is 7.02. The van der Waals surface area contributed by atoms with E-state index in [1.54, 1.807) is 6.07 Å². The minimum absolute atomic E-state index is 0. The molecule has 4 nitrogen and oxygen atoms in total. The Bertz CT molecular complexity index is 624. The van der Waals surface area contributed by atoms with Gasteiger partial charge in [0, 0.05) is 12.1 Å². The number of nitrogens with zero attached hydrogens (tertiary/aromatic N) is 1. The van der Waals surface area contributed by atoms with Gasteiger partial charge in [0.1, 0.15) is 6.10 Å². The molecule has 2 fully saturated rings. The van der Waals surface area contributed by atoms with Crippen LogP contribution in [0.3, 0.4) is 0 Å². The van der Waals surface area contributed by atoms with Gasteiger partial charge in [-0.25, -0.2) is 0 Å². The van der Waals surface area contributed by atoms with E-state index >= 15 is 0 Å². The zero-order chi connectivity index (χ0) is 17.3. The quantitative estimate of drug-likeness (QED) is 0.798. The summed E-state index contributed by atoms with van der Waals surface area (Å²) in [5.41, 5.74) is 6.94. The highest BCUT2D eigenvalue weighted by Crippen LogP contribution is 2.35. The normalized spacial score (nSPS) is 29.8. The third-order valence-electron chi connectivity index (χ3n) is 5.25. The third-order valence-corrected chi connectivity index (χ3v) is 5.98. The number of hydrogen-bond donors (Lipinski definition) is 1. The number of ether oxygens (including phenoxy) is 1. The third kappa shape index (κ3) is 4.61. The van der Waals surface area contributed by atoms with Crippen molar-refractivity contribution < 1.29 is 9.53 Å². The summed E-state index contributed by atoms with van der Waals surface area (Å²) in [5.74, 6) is 0.0619. The number of amides is 1. The molecule has 1 amide bonds. The molecule has 0 aromatic heterocycles. The van der Waals surface area contributed by atoms with E-state index in [-0.39, 0.29) is 30.3 Å². The van der Waals surface area contributed by atoms with Crippen LogP contribution >= 0.6 is 35.6 Å². The van der Waals surface area contributed by atoms with E-state index in [0.717, 1.165) is 31.2 Å². The highest BCUT2D eigenvalue weighted by atomic mass is 35.5. The average molecular weight is 408 g/mol. The van der Waals surface area contributed by atoms with Gasteiger partial charge in [0.2, 0.25) is 5.91 Å². The van der Waals surface area contributed by atoms with Crippen molar-refractivity contribution in [3.05, 3.63) is 33.8 Å². The molecule has 1 saturated carbocycles.